The molecule has 1 fully saturated rings. The van der Waals surface area contributed by atoms with E-state index in [9.17, 15) is 22.4 Å². The average Bonchev–Trinajstić information content (AvgIpc) is 3.21. The lowest BCUT2D eigenvalue weighted by Crippen LogP contribution is -2.51. The quantitative estimate of drug-likeness (QED) is 0.488. The van der Waals surface area contributed by atoms with E-state index < -0.39 is 41.0 Å². The minimum absolute atomic E-state index is 0.0175. The molecule has 186 valence electrons. The van der Waals surface area contributed by atoms with Crippen molar-refractivity contribution >= 4 is 23.4 Å². The summed E-state index contributed by atoms with van der Waals surface area (Å²) in [6.07, 6.45) is 3.88. The monoisotopic (exact) mass is 493 g/mol. The molecule has 4 rings (SSSR count). The highest BCUT2D eigenvalue weighted by atomic mass is 19.1. The lowest BCUT2D eigenvalue weighted by molar-refractivity contribution is -0.146. The van der Waals surface area contributed by atoms with Gasteiger partial charge in [0.2, 0.25) is 11.9 Å². The van der Waals surface area contributed by atoms with Crippen molar-refractivity contribution in [3.05, 3.63) is 59.6 Å². The van der Waals surface area contributed by atoms with Crippen molar-refractivity contribution in [3.63, 3.8) is 0 Å². The third-order valence-corrected chi connectivity index (χ3v) is 5.25. The first-order valence-electron chi connectivity index (χ1n) is 10.7. The molecule has 1 aromatic carbocycles. The Morgan fingerprint density at radius 3 is 2.60 bits per heavy atom. The van der Waals surface area contributed by atoms with Crippen molar-refractivity contribution in [2.75, 3.05) is 30.3 Å². The zero-order valence-corrected chi connectivity index (χ0v) is 19.0. The highest BCUT2D eigenvalue weighted by molar-refractivity contribution is 5.76. The highest BCUT2D eigenvalue weighted by Gasteiger charge is 2.30. The van der Waals surface area contributed by atoms with Gasteiger partial charge in [0.05, 0.1) is 30.3 Å². The molecular weight excluding hydrogens is 470 g/mol. The topological polar surface area (TPSA) is 97.2 Å². The molecule has 0 radical (unpaired) electrons. The molecule has 3 aromatic rings. The van der Waals surface area contributed by atoms with Crippen LogP contribution in [0.4, 0.5) is 35.0 Å². The predicted molar refractivity (Wildman–Crippen MR) is 118 cm³/mol. The summed E-state index contributed by atoms with van der Waals surface area (Å²) < 4.78 is 61.9. The number of rotatable bonds is 7. The maximum Gasteiger partial charge on any atom is 0.244 e. The van der Waals surface area contributed by atoms with E-state index in [1.54, 1.807) is 11.1 Å². The van der Waals surface area contributed by atoms with E-state index in [4.69, 9.17) is 4.74 Å². The number of ether oxygens (including phenoxy) is 1. The van der Waals surface area contributed by atoms with Gasteiger partial charge in [-0.25, -0.2) is 22.5 Å². The standard InChI is InChI=1S/C22H23F4N7O2/c1-22(2)12-32(3-4-35-22)19(34)11-33-10-14(7-29-33)30-21-28-9-18(26)20(31-21)27-8-15-16(24)5-13(23)6-17(15)25/h5-7,9-10H,3-4,8,11-12H2,1-2H3,(H2,27,28,30,31). The second-order valence-corrected chi connectivity index (χ2v) is 8.57. The van der Waals surface area contributed by atoms with Crippen molar-refractivity contribution in [2.24, 2.45) is 0 Å². The Morgan fingerprint density at radius 2 is 1.89 bits per heavy atom. The number of hydrogen-bond donors (Lipinski definition) is 2. The van der Waals surface area contributed by atoms with Gasteiger partial charge >= 0.3 is 0 Å². The maximum atomic E-state index is 14.1. The summed E-state index contributed by atoms with van der Waals surface area (Å²) in [7, 11) is 0. The summed E-state index contributed by atoms with van der Waals surface area (Å²) in [5.74, 6) is -4.57. The number of carbonyl (C=O) groups is 1. The van der Waals surface area contributed by atoms with Crippen LogP contribution >= 0.6 is 0 Å². The van der Waals surface area contributed by atoms with Crippen LogP contribution in [0.1, 0.15) is 19.4 Å². The average molecular weight is 493 g/mol. The number of hydrogen-bond acceptors (Lipinski definition) is 7. The number of morpholine rings is 1. The first-order chi connectivity index (χ1) is 16.6. The van der Waals surface area contributed by atoms with Gasteiger partial charge in [0, 0.05) is 43.5 Å². The van der Waals surface area contributed by atoms with Crippen LogP contribution in [-0.2, 0) is 22.6 Å². The zero-order valence-electron chi connectivity index (χ0n) is 19.0. The van der Waals surface area contributed by atoms with Gasteiger partial charge in [0.15, 0.2) is 11.6 Å². The second-order valence-electron chi connectivity index (χ2n) is 8.57. The lowest BCUT2D eigenvalue weighted by atomic mass is 10.1. The van der Waals surface area contributed by atoms with Crippen molar-refractivity contribution in [2.45, 2.75) is 32.5 Å². The molecule has 0 atom stereocenters. The molecule has 1 aliphatic rings. The molecule has 2 N–H and O–H groups in total. The maximum absolute atomic E-state index is 14.1. The third-order valence-electron chi connectivity index (χ3n) is 5.25. The van der Waals surface area contributed by atoms with Crippen molar-refractivity contribution in [1.82, 2.24) is 24.6 Å². The molecular formula is C22H23F4N7O2. The SMILES string of the molecule is CC1(C)CN(C(=O)Cn2cc(Nc3ncc(F)c(NCc4c(F)cc(F)cc4F)n3)cn2)CCO1. The highest BCUT2D eigenvalue weighted by Crippen LogP contribution is 2.20. The van der Waals surface area contributed by atoms with E-state index >= 15 is 0 Å². The molecule has 1 saturated heterocycles. The van der Waals surface area contributed by atoms with Crippen LogP contribution in [0.25, 0.3) is 0 Å². The zero-order chi connectivity index (χ0) is 25.2. The Morgan fingerprint density at radius 1 is 1.14 bits per heavy atom. The Hall–Kier alpha value is -3.74. The first-order valence-corrected chi connectivity index (χ1v) is 10.7. The molecule has 1 aliphatic heterocycles. The number of anilines is 3. The number of benzene rings is 1. The van der Waals surface area contributed by atoms with Crippen molar-refractivity contribution in [3.8, 4) is 0 Å². The van der Waals surface area contributed by atoms with Crippen LogP contribution in [0, 0.1) is 23.3 Å². The van der Waals surface area contributed by atoms with Gasteiger partial charge < -0.3 is 20.3 Å². The summed E-state index contributed by atoms with van der Waals surface area (Å²) in [5, 5.41) is 9.45. The third kappa shape index (κ3) is 6.04. The molecule has 13 heteroatoms. The smallest absolute Gasteiger partial charge is 0.244 e. The summed E-state index contributed by atoms with van der Waals surface area (Å²) >= 11 is 0. The molecule has 0 bridgehead atoms. The second kappa shape index (κ2) is 9.86. The van der Waals surface area contributed by atoms with Crippen LogP contribution in [0.5, 0.6) is 0 Å². The fourth-order valence-electron chi connectivity index (χ4n) is 3.58. The van der Waals surface area contributed by atoms with E-state index in [0.29, 0.717) is 37.5 Å². The fourth-order valence-corrected chi connectivity index (χ4v) is 3.58. The fraction of sp³-hybridized carbons (Fsp3) is 0.364. The Bertz CT molecular complexity index is 1210. The van der Waals surface area contributed by atoms with Gasteiger partial charge in [-0.3, -0.25) is 9.48 Å². The molecule has 9 nitrogen and oxygen atoms in total. The normalized spacial score (nSPS) is 15.2. The predicted octanol–water partition coefficient (Wildman–Crippen LogP) is 3.22. The van der Waals surface area contributed by atoms with Crippen LogP contribution in [0.3, 0.4) is 0 Å². The number of carbonyl (C=O) groups excluding carboxylic acids is 1. The van der Waals surface area contributed by atoms with Crippen LogP contribution in [-0.4, -0.2) is 55.9 Å². The Kier molecular flexibility index (Phi) is 6.87. The Labute approximate surface area is 198 Å². The summed E-state index contributed by atoms with van der Waals surface area (Å²) in [5.41, 5.74) is -0.438. The molecule has 3 heterocycles. The molecule has 0 saturated carbocycles. The molecule has 35 heavy (non-hydrogen) atoms. The van der Waals surface area contributed by atoms with E-state index in [1.807, 2.05) is 13.8 Å². The summed E-state index contributed by atoms with van der Waals surface area (Å²) in [4.78, 5) is 22.1. The minimum atomic E-state index is -1.11. The number of amides is 1. The largest absolute Gasteiger partial charge is 0.372 e. The van der Waals surface area contributed by atoms with Crippen molar-refractivity contribution < 1.29 is 27.1 Å². The molecule has 0 unspecified atom stereocenters. The van der Waals surface area contributed by atoms with E-state index in [2.05, 4.69) is 25.7 Å². The molecule has 2 aromatic heterocycles. The lowest BCUT2D eigenvalue weighted by Gasteiger charge is -2.38. The molecule has 0 spiro atoms. The first kappa shape index (κ1) is 24.4. The number of halogens is 4. The number of nitrogens with one attached hydrogen (secondary N) is 2. The van der Waals surface area contributed by atoms with Crippen LogP contribution in [0.2, 0.25) is 0 Å². The van der Waals surface area contributed by atoms with Gasteiger partial charge in [-0.05, 0) is 13.8 Å². The molecule has 1 amide bonds. The number of aromatic nitrogens is 4. The molecule has 0 aliphatic carbocycles. The van der Waals surface area contributed by atoms with E-state index in [1.165, 1.54) is 10.9 Å². The van der Waals surface area contributed by atoms with Gasteiger partial charge in [-0.2, -0.15) is 10.1 Å². The van der Waals surface area contributed by atoms with Crippen molar-refractivity contribution in [1.29, 1.82) is 0 Å². The summed E-state index contributed by atoms with van der Waals surface area (Å²) in [6, 6.07) is 1.07. The van der Waals surface area contributed by atoms with E-state index in [-0.39, 0.29) is 24.2 Å². The Balaban J connectivity index is 1.39. The van der Waals surface area contributed by atoms with E-state index in [0.717, 1.165) is 6.20 Å². The van der Waals surface area contributed by atoms with Crippen LogP contribution < -0.4 is 10.6 Å². The number of nitrogens with zero attached hydrogens (tertiary/aromatic N) is 5. The minimum Gasteiger partial charge on any atom is -0.372 e. The van der Waals surface area contributed by atoms with Gasteiger partial charge in [0.1, 0.15) is 24.0 Å². The van der Waals surface area contributed by atoms with Gasteiger partial charge in [-0.1, -0.05) is 0 Å². The van der Waals surface area contributed by atoms with Gasteiger partial charge in [-0.15, -0.1) is 0 Å². The van der Waals surface area contributed by atoms with Gasteiger partial charge in [0.25, 0.3) is 0 Å². The van der Waals surface area contributed by atoms with Crippen LogP contribution in [0.15, 0.2) is 30.7 Å². The summed E-state index contributed by atoms with van der Waals surface area (Å²) in [6.45, 7) is 4.82.